The number of nitrogens with zero attached hydrogens (tertiary/aromatic N) is 2. The SMILES string of the molecule is Cc1ccccc1-c1ccccc1CNC1CCc2nccn2C1. The van der Waals surface area contributed by atoms with Gasteiger partial charge in [0, 0.05) is 37.9 Å². The Balaban J connectivity index is 1.51. The lowest BCUT2D eigenvalue weighted by molar-refractivity contribution is 0.379. The quantitative estimate of drug-likeness (QED) is 0.789. The van der Waals surface area contributed by atoms with E-state index in [-0.39, 0.29) is 0 Å². The molecule has 0 fully saturated rings. The number of fused-ring (bicyclic) bond motifs is 1. The highest BCUT2D eigenvalue weighted by Gasteiger charge is 2.18. The second-order valence-corrected chi connectivity index (χ2v) is 6.58. The smallest absolute Gasteiger partial charge is 0.108 e. The van der Waals surface area contributed by atoms with Crippen molar-refractivity contribution in [3.05, 3.63) is 77.9 Å². The molecule has 24 heavy (non-hydrogen) atoms. The number of rotatable bonds is 4. The second kappa shape index (κ2) is 6.62. The molecule has 0 amide bonds. The van der Waals surface area contributed by atoms with E-state index in [2.05, 4.69) is 76.5 Å². The molecule has 0 saturated carbocycles. The van der Waals surface area contributed by atoms with E-state index in [0.717, 1.165) is 25.9 Å². The molecule has 1 atom stereocenters. The highest BCUT2D eigenvalue weighted by Crippen LogP contribution is 2.27. The van der Waals surface area contributed by atoms with Crippen molar-refractivity contribution < 1.29 is 0 Å². The molecule has 1 aliphatic heterocycles. The molecule has 0 aliphatic carbocycles. The molecule has 3 aromatic rings. The third-order valence-corrected chi connectivity index (χ3v) is 4.97. The van der Waals surface area contributed by atoms with Crippen molar-refractivity contribution in [1.29, 1.82) is 0 Å². The molecule has 3 nitrogen and oxygen atoms in total. The van der Waals surface area contributed by atoms with Crippen molar-refractivity contribution in [2.45, 2.75) is 38.9 Å². The first-order valence-electron chi connectivity index (χ1n) is 8.68. The summed E-state index contributed by atoms with van der Waals surface area (Å²) < 4.78 is 2.27. The number of aromatic nitrogens is 2. The van der Waals surface area contributed by atoms with Crippen LogP contribution in [0.25, 0.3) is 11.1 Å². The molecule has 0 bridgehead atoms. The van der Waals surface area contributed by atoms with E-state index in [1.54, 1.807) is 0 Å². The maximum atomic E-state index is 4.41. The average molecular weight is 317 g/mol. The van der Waals surface area contributed by atoms with Gasteiger partial charge >= 0.3 is 0 Å². The van der Waals surface area contributed by atoms with Gasteiger partial charge in [-0.25, -0.2) is 4.98 Å². The summed E-state index contributed by atoms with van der Waals surface area (Å²) in [5.41, 5.74) is 5.35. The van der Waals surface area contributed by atoms with Gasteiger partial charge in [0.1, 0.15) is 5.82 Å². The largest absolute Gasteiger partial charge is 0.333 e. The maximum Gasteiger partial charge on any atom is 0.108 e. The van der Waals surface area contributed by atoms with Crippen LogP contribution < -0.4 is 5.32 Å². The third-order valence-electron chi connectivity index (χ3n) is 4.97. The molecule has 0 radical (unpaired) electrons. The summed E-state index contributed by atoms with van der Waals surface area (Å²) in [5.74, 6) is 1.22. The molecule has 1 unspecified atom stereocenters. The van der Waals surface area contributed by atoms with Gasteiger partial charge in [0.15, 0.2) is 0 Å². The van der Waals surface area contributed by atoms with Crippen molar-refractivity contribution >= 4 is 0 Å². The highest BCUT2D eigenvalue weighted by atomic mass is 15.1. The lowest BCUT2D eigenvalue weighted by Crippen LogP contribution is -2.36. The van der Waals surface area contributed by atoms with Gasteiger partial charge in [-0.1, -0.05) is 48.5 Å². The van der Waals surface area contributed by atoms with E-state index < -0.39 is 0 Å². The van der Waals surface area contributed by atoms with Gasteiger partial charge in [-0.05, 0) is 35.6 Å². The molecular formula is C21H23N3. The molecule has 122 valence electrons. The first kappa shape index (κ1) is 15.2. The summed E-state index contributed by atoms with van der Waals surface area (Å²) in [6, 6.07) is 17.9. The Labute approximate surface area is 143 Å². The predicted octanol–water partition coefficient (Wildman–Crippen LogP) is 3.96. The molecule has 2 aromatic carbocycles. The fraction of sp³-hybridized carbons (Fsp3) is 0.286. The van der Waals surface area contributed by atoms with Crippen molar-refractivity contribution in [2.24, 2.45) is 0 Å². The molecule has 1 N–H and O–H groups in total. The highest BCUT2D eigenvalue weighted by molar-refractivity contribution is 5.70. The van der Waals surface area contributed by atoms with Crippen LogP contribution in [0.15, 0.2) is 60.9 Å². The van der Waals surface area contributed by atoms with Crippen LogP contribution in [0, 0.1) is 6.92 Å². The molecule has 0 spiro atoms. The van der Waals surface area contributed by atoms with Crippen LogP contribution in [0.5, 0.6) is 0 Å². The zero-order valence-electron chi connectivity index (χ0n) is 14.1. The van der Waals surface area contributed by atoms with E-state index in [1.165, 1.54) is 28.1 Å². The van der Waals surface area contributed by atoms with Gasteiger partial charge in [0.2, 0.25) is 0 Å². The van der Waals surface area contributed by atoms with Gasteiger partial charge < -0.3 is 9.88 Å². The lowest BCUT2D eigenvalue weighted by Gasteiger charge is -2.25. The Kier molecular flexibility index (Phi) is 4.18. The van der Waals surface area contributed by atoms with Crippen LogP contribution in [0.2, 0.25) is 0 Å². The van der Waals surface area contributed by atoms with E-state index >= 15 is 0 Å². The lowest BCUT2D eigenvalue weighted by atomic mass is 9.95. The Morgan fingerprint density at radius 2 is 1.88 bits per heavy atom. The number of hydrogen-bond donors (Lipinski definition) is 1. The molecule has 1 aliphatic rings. The zero-order valence-corrected chi connectivity index (χ0v) is 14.1. The summed E-state index contributed by atoms with van der Waals surface area (Å²) >= 11 is 0. The average Bonchev–Trinajstić information content (AvgIpc) is 3.08. The summed E-state index contributed by atoms with van der Waals surface area (Å²) in [6.45, 7) is 4.10. The monoisotopic (exact) mass is 317 g/mol. The van der Waals surface area contributed by atoms with Crippen LogP contribution in [0.3, 0.4) is 0 Å². The summed E-state index contributed by atoms with van der Waals surface area (Å²) in [4.78, 5) is 4.41. The normalized spacial score (nSPS) is 16.8. The number of aryl methyl sites for hydroxylation is 2. The van der Waals surface area contributed by atoms with Crippen LogP contribution >= 0.6 is 0 Å². The standard InChI is InChI=1S/C21H23N3/c1-16-6-2-4-8-19(16)20-9-5-3-7-17(20)14-23-18-10-11-21-22-12-13-24(21)15-18/h2-9,12-13,18,23H,10-11,14-15H2,1H3. The second-order valence-electron chi connectivity index (χ2n) is 6.58. The van der Waals surface area contributed by atoms with E-state index in [9.17, 15) is 0 Å². The predicted molar refractivity (Wildman–Crippen MR) is 97.8 cm³/mol. The van der Waals surface area contributed by atoms with Crippen molar-refractivity contribution in [1.82, 2.24) is 14.9 Å². The topological polar surface area (TPSA) is 29.9 Å². The Bertz CT molecular complexity index is 834. The van der Waals surface area contributed by atoms with Gasteiger partial charge in [-0.2, -0.15) is 0 Å². The fourth-order valence-electron chi connectivity index (χ4n) is 3.60. The number of hydrogen-bond acceptors (Lipinski definition) is 2. The zero-order chi connectivity index (χ0) is 16.4. The molecule has 4 rings (SSSR count). The number of benzene rings is 2. The summed E-state index contributed by atoms with van der Waals surface area (Å²) in [5, 5.41) is 3.75. The van der Waals surface area contributed by atoms with Crippen molar-refractivity contribution in [3.8, 4) is 11.1 Å². The number of imidazole rings is 1. The molecule has 0 saturated heterocycles. The molecular weight excluding hydrogens is 294 g/mol. The minimum Gasteiger partial charge on any atom is -0.333 e. The molecule has 2 heterocycles. The Morgan fingerprint density at radius 1 is 1.08 bits per heavy atom. The first-order chi connectivity index (χ1) is 11.8. The van der Waals surface area contributed by atoms with Crippen molar-refractivity contribution in [3.63, 3.8) is 0 Å². The fourth-order valence-corrected chi connectivity index (χ4v) is 3.60. The van der Waals surface area contributed by atoms with Crippen LogP contribution in [-0.2, 0) is 19.5 Å². The summed E-state index contributed by atoms with van der Waals surface area (Å²) in [6.07, 6.45) is 6.21. The summed E-state index contributed by atoms with van der Waals surface area (Å²) in [7, 11) is 0. The van der Waals surface area contributed by atoms with Crippen LogP contribution in [0.4, 0.5) is 0 Å². The minimum atomic E-state index is 0.511. The van der Waals surface area contributed by atoms with E-state index in [0.29, 0.717) is 6.04 Å². The van der Waals surface area contributed by atoms with Crippen molar-refractivity contribution in [2.75, 3.05) is 0 Å². The minimum absolute atomic E-state index is 0.511. The van der Waals surface area contributed by atoms with Gasteiger partial charge in [0.05, 0.1) is 0 Å². The van der Waals surface area contributed by atoms with E-state index in [4.69, 9.17) is 0 Å². The Morgan fingerprint density at radius 3 is 2.75 bits per heavy atom. The molecule has 3 heteroatoms. The van der Waals surface area contributed by atoms with Gasteiger partial charge in [-0.3, -0.25) is 0 Å². The number of nitrogens with one attached hydrogen (secondary N) is 1. The van der Waals surface area contributed by atoms with Crippen LogP contribution in [-0.4, -0.2) is 15.6 Å². The van der Waals surface area contributed by atoms with E-state index in [1.807, 2.05) is 6.20 Å². The van der Waals surface area contributed by atoms with Gasteiger partial charge in [0.25, 0.3) is 0 Å². The van der Waals surface area contributed by atoms with Crippen LogP contribution in [0.1, 0.15) is 23.4 Å². The third kappa shape index (κ3) is 3.00. The van der Waals surface area contributed by atoms with Gasteiger partial charge in [-0.15, -0.1) is 0 Å². The first-order valence-corrected chi connectivity index (χ1v) is 8.68. The molecule has 1 aromatic heterocycles. The Hall–Kier alpha value is -2.39. The maximum absolute atomic E-state index is 4.41.